The number of allylic oxidation sites excluding steroid dienone is 12. The van der Waals surface area contributed by atoms with Gasteiger partial charge in [0.2, 0.25) is 5.91 Å². The summed E-state index contributed by atoms with van der Waals surface area (Å²) in [5, 5.41) is 143. The van der Waals surface area contributed by atoms with Crippen molar-refractivity contribution in [1.82, 2.24) is 5.32 Å². The summed E-state index contributed by atoms with van der Waals surface area (Å²) in [6, 6.07) is -2.69. The van der Waals surface area contributed by atoms with Crippen LogP contribution in [0, 0.1) is 17.8 Å². The van der Waals surface area contributed by atoms with Gasteiger partial charge >= 0.3 is 11.9 Å². The zero-order valence-corrected chi connectivity index (χ0v) is 45.3. The van der Waals surface area contributed by atoms with Crippen LogP contribution in [0.3, 0.4) is 0 Å². The van der Waals surface area contributed by atoms with Gasteiger partial charge in [-0.3, -0.25) is 14.4 Å². The minimum Gasteiger partial charge on any atom is -0.481 e. The van der Waals surface area contributed by atoms with Gasteiger partial charge in [0.1, 0.15) is 48.6 Å². The summed E-state index contributed by atoms with van der Waals surface area (Å²) in [5.41, 5.74) is 6.53. The molecule has 0 saturated carbocycles. The van der Waals surface area contributed by atoms with Gasteiger partial charge in [0.25, 0.3) is 0 Å². The van der Waals surface area contributed by atoms with E-state index < -0.39 is 190 Å². The zero-order valence-electron chi connectivity index (χ0n) is 45.3. The van der Waals surface area contributed by atoms with E-state index in [1.807, 2.05) is 6.92 Å². The number of carboxylic acid groups (broad SMARTS) is 1. The van der Waals surface area contributed by atoms with Crippen molar-refractivity contribution in [3.8, 4) is 0 Å². The van der Waals surface area contributed by atoms with Crippen LogP contribution in [0.5, 0.6) is 0 Å². The van der Waals surface area contributed by atoms with Crippen molar-refractivity contribution in [3.63, 3.8) is 0 Å². The van der Waals surface area contributed by atoms with Gasteiger partial charge in [0.15, 0.2) is 18.4 Å². The molecule has 24 heteroatoms. The van der Waals surface area contributed by atoms with Crippen molar-refractivity contribution in [1.29, 1.82) is 0 Å². The van der Waals surface area contributed by atoms with Crippen LogP contribution in [0.15, 0.2) is 85.1 Å². The van der Waals surface area contributed by atoms with Gasteiger partial charge in [-0.05, 0) is 39.5 Å². The number of aliphatic hydroxyl groups excluding tert-OH is 11. The quantitative estimate of drug-likeness (QED) is 0.131. The average Bonchev–Trinajstić information content (AvgIpc) is 3.36. The number of nitrogens with one attached hydrogen (secondary N) is 1. The number of fused-ring (bicyclic) bond motifs is 2. The summed E-state index contributed by atoms with van der Waals surface area (Å²) in [4.78, 5) is 37.5. The molecule has 24 unspecified atom stereocenters. The molecule has 3 fully saturated rings. The van der Waals surface area contributed by atoms with E-state index in [0.29, 0.717) is 0 Å². The highest BCUT2D eigenvalue weighted by atomic mass is 16.7. The fourth-order valence-corrected chi connectivity index (χ4v) is 9.89. The summed E-state index contributed by atoms with van der Waals surface area (Å²) >= 11 is 0. The summed E-state index contributed by atoms with van der Waals surface area (Å²) in [6.45, 7) is 7.10. The topological polar surface area (TPSA) is 408 Å². The summed E-state index contributed by atoms with van der Waals surface area (Å²) < 4.78 is 35.6. The first-order valence-corrected chi connectivity index (χ1v) is 26.8. The second-order valence-electron chi connectivity index (χ2n) is 21.1. The maximum atomic E-state index is 12.7. The Morgan fingerprint density at radius 3 is 1.82 bits per heavy atom. The van der Waals surface area contributed by atoms with Gasteiger partial charge in [-0.1, -0.05) is 98.9 Å². The Labute approximate surface area is 460 Å². The van der Waals surface area contributed by atoms with E-state index in [0.717, 1.165) is 6.92 Å². The first-order valence-electron chi connectivity index (χ1n) is 26.8. The molecule has 3 saturated heterocycles. The molecule has 1 amide bonds. The predicted molar refractivity (Wildman–Crippen MR) is 281 cm³/mol. The van der Waals surface area contributed by atoms with Crippen LogP contribution in [0.25, 0.3) is 0 Å². The largest absolute Gasteiger partial charge is 0.481 e. The number of aliphatic hydroxyl groups is 12. The van der Waals surface area contributed by atoms with Crippen molar-refractivity contribution < 1.29 is 109 Å². The van der Waals surface area contributed by atoms with Gasteiger partial charge in [-0.2, -0.15) is 0 Å². The molecule has 24 nitrogen and oxygen atoms in total. The van der Waals surface area contributed by atoms with Crippen LogP contribution >= 0.6 is 0 Å². The number of ether oxygens (including phenoxy) is 6. The molecule has 4 aliphatic heterocycles. The SMILES string of the molecule is CC(=O)NC1C(OC2C(C)OC(OC3C=CC=CC=CC=CC=CC=CC=CC(C)C(O)C(C)C(C)OC(=O)CC(O)CC(O)CC(O)CCC(O)C(O)CC4(O)CC(O)C(C(=O)O)C(C3)O4)C(O)C2N)OC(CO)C(O)C1O. The lowest BCUT2D eigenvalue weighted by atomic mass is 9.82. The number of hydrogen-bond acceptors (Lipinski definition) is 22. The molecule has 2 bridgehead atoms. The van der Waals surface area contributed by atoms with Crippen LogP contribution in [0.4, 0.5) is 0 Å². The monoisotopic (exact) mass is 1130 g/mol. The summed E-state index contributed by atoms with van der Waals surface area (Å²) in [7, 11) is 0. The number of aliphatic carboxylic acids is 1. The normalized spacial score (nSPS) is 42.5. The third kappa shape index (κ3) is 21.0. The van der Waals surface area contributed by atoms with Crippen molar-refractivity contribution in [3.05, 3.63) is 85.1 Å². The maximum Gasteiger partial charge on any atom is 0.311 e. The number of hydrogen-bond donors (Lipinski definition) is 15. The van der Waals surface area contributed by atoms with Crippen molar-refractivity contribution >= 4 is 17.8 Å². The van der Waals surface area contributed by atoms with E-state index in [9.17, 15) is 80.8 Å². The molecule has 448 valence electrons. The molecule has 0 aromatic rings. The van der Waals surface area contributed by atoms with Crippen LogP contribution < -0.4 is 11.1 Å². The van der Waals surface area contributed by atoms with Crippen molar-refractivity contribution in [2.45, 2.75) is 214 Å². The molecule has 16 N–H and O–H groups in total. The molecule has 0 aliphatic carbocycles. The highest BCUT2D eigenvalue weighted by molar-refractivity contribution is 5.73. The third-order valence-corrected chi connectivity index (χ3v) is 14.5. The van der Waals surface area contributed by atoms with Crippen LogP contribution in [-0.4, -0.2) is 219 Å². The zero-order chi connectivity index (χ0) is 58.7. The molecule has 24 atom stereocenters. The predicted octanol–water partition coefficient (Wildman–Crippen LogP) is -1.32. The fourth-order valence-electron chi connectivity index (χ4n) is 9.89. The Bertz CT molecular complexity index is 2100. The van der Waals surface area contributed by atoms with Gasteiger partial charge in [0, 0.05) is 38.0 Å². The molecule has 0 radical (unpaired) electrons. The van der Waals surface area contributed by atoms with Gasteiger partial charge in [-0.25, -0.2) is 0 Å². The van der Waals surface area contributed by atoms with Crippen LogP contribution in [0.1, 0.15) is 86.0 Å². The minimum atomic E-state index is -2.45. The minimum absolute atomic E-state index is 0.183. The second kappa shape index (κ2) is 32.5. The van der Waals surface area contributed by atoms with E-state index in [4.69, 9.17) is 34.2 Å². The van der Waals surface area contributed by atoms with E-state index in [1.54, 1.807) is 86.8 Å². The Morgan fingerprint density at radius 1 is 0.671 bits per heavy atom. The Balaban J connectivity index is 1.59. The molecule has 0 aromatic carbocycles. The summed E-state index contributed by atoms with van der Waals surface area (Å²) in [5.74, 6) is -7.81. The number of carboxylic acids is 1. The third-order valence-electron chi connectivity index (χ3n) is 14.5. The lowest BCUT2D eigenvalue weighted by Crippen LogP contribution is -2.68. The lowest BCUT2D eigenvalue weighted by molar-refractivity contribution is -0.331. The molecule has 4 aliphatic rings. The Morgan fingerprint density at radius 2 is 1.24 bits per heavy atom. The number of amides is 1. The fraction of sp³-hybridized carbons (Fsp3) is 0.691. The molecule has 4 heterocycles. The van der Waals surface area contributed by atoms with Gasteiger partial charge in [0.05, 0.1) is 80.1 Å². The number of nitrogens with two attached hydrogens (primary N) is 1. The first-order chi connectivity index (χ1) is 37.2. The number of rotatable bonds is 7. The van der Waals surface area contributed by atoms with E-state index in [-0.39, 0.29) is 31.6 Å². The lowest BCUT2D eigenvalue weighted by Gasteiger charge is -2.48. The van der Waals surface area contributed by atoms with Crippen molar-refractivity contribution in [2.75, 3.05) is 6.61 Å². The Hall–Kier alpha value is -4.13. The average molecular weight is 1130 g/mol. The van der Waals surface area contributed by atoms with E-state index >= 15 is 0 Å². The van der Waals surface area contributed by atoms with Crippen LogP contribution in [-0.2, 0) is 42.8 Å². The van der Waals surface area contributed by atoms with Gasteiger partial charge < -0.3 is 106 Å². The maximum absolute atomic E-state index is 12.7. The van der Waals surface area contributed by atoms with Gasteiger partial charge in [-0.15, -0.1) is 0 Å². The Kier molecular flexibility index (Phi) is 27.7. The molecule has 4 rings (SSSR count). The summed E-state index contributed by atoms with van der Waals surface area (Å²) in [6.07, 6.45) is -4.65. The highest BCUT2D eigenvalue weighted by Gasteiger charge is 2.53. The molecule has 0 spiro atoms. The number of cyclic esters (lactones) is 1. The first kappa shape index (κ1) is 67.4. The van der Waals surface area contributed by atoms with Crippen molar-refractivity contribution in [2.24, 2.45) is 23.5 Å². The molecular formula is C55H86N2O22. The highest BCUT2D eigenvalue weighted by Crippen LogP contribution is 2.39. The smallest absolute Gasteiger partial charge is 0.311 e. The van der Waals surface area contributed by atoms with Crippen LogP contribution in [0.2, 0.25) is 0 Å². The molecular weight excluding hydrogens is 1040 g/mol. The van der Waals surface area contributed by atoms with E-state index in [2.05, 4.69) is 5.32 Å². The second-order valence-corrected chi connectivity index (χ2v) is 21.1. The molecule has 79 heavy (non-hydrogen) atoms. The number of carbonyl (C=O) groups excluding carboxylic acids is 2. The standard InChI is InChI=1S/C55H86N2O22/c1-29-18-16-14-12-10-8-6-7-9-11-13-15-17-19-37(76-54-49(69)45(56)51(32(4)75-54)78-53-46(57-33(5)59)50(70)48(68)42(28-58)77-53)25-41-44(52(71)72)40(65)27-55(73,79-41)26-39(64)38(63)21-20-34(60)22-35(61)23-36(62)24-43(66)74-31(3)30(2)47(29)67/h6-19,29-32,34-42,44-51,53-54,58,60-65,67-70,73H,20-28,56H2,1-5H3,(H,57,59)(H,71,72). The van der Waals surface area contributed by atoms with E-state index in [1.165, 1.54) is 19.1 Å². The molecule has 0 aromatic heterocycles. The number of esters is 1. The number of carbonyl (C=O) groups is 3.